The smallest absolute Gasteiger partial charge is 0.127 e. The van der Waals surface area contributed by atoms with Gasteiger partial charge in [-0.2, -0.15) is 0 Å². The van der Waals surface area contributed by atoms with Gasteiger partial charge in [0.25, 0.3) is 0 Å². The molecule has 0 bridgehead atoms. The topological polar surface area (TPSA) is 30.5 Å². The van der Waals surface area contributed by atoms with Gasteiger partial charge in [-0.15, -0.1) is 0 Å². The van der Waals surface area contributed by atoms with Gasteiger partial charge in [-0.05, 0) is 6.07 Å². The quantitative estimate of drug-likeness (QED) is 0.838. The van der Waals surface area contributed by atoms with Crippen LogP contribution in [0.2, 0.25) is 0 Å². The Morgan fingerprint density at radius 2 is 2.19 bits per heavy atom. The Morgan fingerprint density at radius 3 is 2.94 bits per heavy atom. The monoisotopic (exact) mass is 225 g/mol. The number of ether oxygens (including phenoxy) is 2. The molecule has 1 fully saturated rings. The first-order valence-corrected chi connectivity index (χ1v) is 5.50. The average Bonchev–Trinajstić information content (AvgIpc) is 2.33. The molecule has 1 aromatic rings. The third kappa shape index (κ3) is 3.27. The molecular weight excluding hydrogens is 209 g/mol. The van der Waals surface area contributed by atoms with E-state index in [0.29, 0.717) is 38.5 Å². The minimum atomic E-state index is -0.171. The lowest BCUT2D eigenvalue weighted by Crippen LogP contribution is -2.37. The lowest BCUT2D eigenvalue weighted by Gasteiger charge is -2.23. The predicted molar refractivity (Wildman–Crippen MR) is 58.7 cm³/mol. The largest absolute Gasteiger partial charge is 0.376 e. The Balaban J connectivity index is 1.73. The van der Waals surface area contributed by atoms with Crippen LogP contribution in [0.5, 0.6) is 0 Å². The van der Waals surface area contributed by atoms with Gasteiger partial charge in [0.1, 0.15) is 5.82 Å². The van der Waals surface area contributed by atoms with E-state index in [4.69, 9.17) is 9.47 Å². The Morgan fingerprint density at radius 1 is 1.31 bits per heavy atom. The number of halogens is 1. The second-order valence-electron chi connectivity index (χ2n) is 3.79. The summed E-state index contributed by atoms with van der Waals surface area (Å²) >= 11 is 0. The van der Waals surface area contributed by atoms with Crippen molar-refractivity contribution in [2.24, 2.45) is 0 Å². The Labute approximate surface area is 94.6 Å². The Kier molecular flexibility index (Phi) is 4.27. The summed E-state index contributed by atoms with van der Waals surface area (Å²) in [5, 5.41) is 3.17. The zero-order chi connectivity index (χ0) is 11.2. The first-order valence-electron chi connectivity index (χ1n) is 5.50. The first-order chi connectivity index (χ1) is 7.86. The lowest BCUT2D eigenvalue weighted by molar-refractivity contribution is -0.0864. The molecule has 1 aromatic carbocycles. The van der Waals surface area contributed by atoms with Gasteiger partial charge in [0.15, 0.2) is 0 Å². The van der Waals surface area contributed by atoms with Gasteiger partial charge in [0.05, 0.1) is 25.9 Å². The van der Waals surface area contributed by atoms with Crippen molar-refractivity contribution in [3.63, 3.8) is 0 Å². The van der Waals surface area contributed by atoms with Crippen LogP contribution in [0.25, 0.3) is 0 Å². The highest BCUT2D eigenvalue weighted by molar-refractivity contribution is 5.16. The Hall–Kier alpha value is -0.970. The molecule has 1 N–H and O–H groups in total. The van der Waals surface area contributed by atoms with E-state index in [9.17, 15) is 4.39 Å². The molecule has 0 amide bonds. The summed E-state index contributed by atoms with van der Waals surface area (Å²) in [6, 6.07) is 6.77. The second-order valence-corrected chi connectivity index (χ2v) is 3.79. The standard InChI is InChI=1S/C12H16FNO2/c13-12-4-2-1-3-10(12)7-14-8-11-9-15-5-6-16-11/h1-4,11,14H,5-9H2. The fourth-order valence-corrected chi connectivity index (χ4v) is 1.66. The molecule has 0 radical (unpaired) electrons. The van der Waals surface area contributed by atoms with Crippen molar-refractivity contribution in [2.75, 3.05) is 26.4 Å². The van der Waals surface area contributed by atoms with Crippen LogP contribution in [0.3, 0.4) is 0 Å². The van der Waals surface area contributed by atoms with E-state index in [0.717, 1.165) is 0 Å². The fraction of sp³-hybridized carbons (Fsp3) is 0.500. The summed E-state index contributed by atoms with van der Waals surface area (Å²) in [4.78, 5) is 0. The van der Waals surface area contributed by atoms with Crippen molar-refractivity contribution in [1.29, 1.82) is 0 Å². The molecule has 1 saturated heterocycles. The number of benzene rings is 1. The van der Waals surface area contributed by atoms with Gasteiger partial charge in [-0.1, -0.05) is 18.2 Å². The number of hydrogen-bond donors (Lipinski definition) is 1. The third-order valence-corrected chi connectivity index (χ3v) is 2.53. The van der Waals surface area contributed by atoms with Crippen molar-refractivity contribution in [2.45, 2.75) is 12.6 Å². The maximum Gasteiger partial charge on any atom is 0.127 e. The highest BCUT2D eigenvalue weighted by Crippen LogP contribution is 2.06. The molecule has 3 nitrogen and oxygen atoms in total. The normalized spacial score (nSPS) is 20.9. The molecule has 0 spiro atoms. The van der Waals surface area contributed by atoms with Gasteiger partial charge in [-0.25, -0.2) is 4.39 Å². The molecule has 0 aromatic heterocycles. The van der Waals surface area contributed by atoms with Crippen LogP contribution in [0, 0.1) is 5.82 Å². The van der Waals surface area contributed by atoms with Crippen molar-refractivity contribution in [1.82, 2.24) is 5.32 Å². The van der Waals surface area contributed by atoms with Crippen LogP contribution < -0.4 is 5.32 Å². The summed E-state index contributed by atoms with van der Waals surface area (Å²) < 4.78 is 24.0. The number of rotatable bonds is 4. The van der Waals surface area contributed by atoms with Gasteiger partial charge in [0, 0.05) is 18.7 Å². The van der Waals surface area contributed by atoms with E-state index in [1.807, 2.05) is 6.07 Å². The van der Waals surface area contributed by atoms with Gasteiger partial charge in [-0.3, -0.25) is 0 Å². The van der Waals surface area contributed by atoms with Crippen molar-refractivity contribution >= 4 is 0 Å². The molecule has 1 atom stereocenters. The summed E-state index contributed by atoms with van der Waals surface area (Å²) in [7, 11) is 0. The minimum absolute atomic E-state index is 0.0838. The molecule has 2 rings (SSSR count). The van der Waals surface area contributed by atoms with E-state index >= 15 is 0 Å². The summed E-state index contributed by atoms with van der Waals surface area (Å²) in [6.45, 7) is 3.14. The highest BCUT2D eigenvalue weighted by atomic mass is 19.1. The minimum Gasteiger partial charge on any atom is -0.376 e. The van der Waals surface area contributed by atoms with Gasteiger partial charge >= 0.3 is 0 Å². The van der Waals surface area contributed by atoms with Gasteiger partial charge in [0.2, 0.25) is 0 Å². The average molecular weight is 225 g/mol. The molecule has 1 aliphatic rings. The maximum absolute atomic E-state index is 13.3. The Bertz CT molecular complexity index is 327. The molecule has 16 heavy (non-hydrogen) atoms. The molecule has 0 saturated carbocycles. The molecule has 1 heterocycles. The number of nitrogens with one attached hydrogen (secondary N) is 1. The molecule has 88 valence electrons. The van der Waals surface area contributed by atoms with Crippen LogP contribution >= 0.6 is 0 Å². The third-order valence-electron chi connectivity index (χ3n) is 2.53. The van der Waals surface area contributed by atoms with Crippen LogP contribution in [0.15, 0.2) is 24.3 Å². The molecular formula is C12H16FNO2. The first kappa shape index (κ1) is 11.5. The second kappa shape index (κ2) is 5.94. The molecule has 0 aliphatic carbocycles. The molecule has 1 unspecified atom stereocenters. The van der Waals surface area contributed by atoms with Crippen LogP contribution in [-0.4, -0.2) is 32.5 Å². The SMILES string of the molecule is Fc1ccccc1CNCC1COCCO1. The predicted octanol–water partition coefficient (Wildman–Crippen LogP) is 1.33. The fourth-order valence-electron chi connectivity index (χ4n) is 1.66. The summed E-state index contributed by atoms with van der Waals surface area (Å²) in [6.07, 6.45) is 0.0838. The zero-order valence-corrected chi connectivity index (χ0v) is 9.12. The van der Waals surface area contributed by atoms with Crippen molar-refractivity contribution in [3.05, 3.63) is 35.6 Å². The molecule has 4 heteroatoms. The van der Waals surface area contributed by atoms with E-state index in [2.05, 4.69) is 5.32 Å². The van der Waals surface area contributed by atoms with E-state index in [-0.39, 0.29) is 11.9 Å². The van der Waals surface area contributed by atoms with Crippen LogP contribution in [0.4, 0.5) is 4.39 Å². The molecule has 1 aliphatic heterocycles. The van der Waals surface area contributed by atoms with Crippen LogP contribution in [-0.2, 0) is 16.0 Å². The van der Waals surface area contributed by atoms with E-state index in [1.54, 1.807) is 12.1 Å². The highest BCUT2D eigenvalue weighted by Gasteiger charge is 2.13. The summed E-state index contributed by atoms with van der Waals surface area (Å²) in [5.41, 5.74) is 0.680. The summed E-state index contributed by atoms with van der Waals surface area (Å²) in [5.74, 6) is -0.171. The van der Waals surface area contributed by atoms with Crippen molar-refractivity contribution in [3.8, 4) is 0 Å². The van der Waals surface area contributed by atoms with Gasteiger partial charge < -0.3 is 14.8 Å². The zero-order valence-electron chi connectivity index (χ0n) is 9.12. The van der Waals surface area contributed by atoms with Crippen molar-refractivity contribution < 1.29 is 13.9 Å². The van der Waals surface area contributed by atoms with E-state index < -0.39 is 0 Å². The maximum atomic E-state index is 13.3. The van der Waals surface area contributed by atoms with Crippen LogP contribution in [0.1, 0.15) is 5.56 Å². The number of hydrogen-bond acceptors (Lipinski definition) is 3. The lowest BCUT2D eigenvalue weighted by atomic mass is 10.2. The van der Waals surface area contributed by atoms with E-state index in [1.165, 1.54) is 6.07 Å².